The van der Waals surface area contributed by atoms with Crippen molar-refractivity contribution in [1.29, 1.82) is 0 Å². The molecule has 0 spiro atoms. The van der Waals surface area contributed by atoms with Gasteiger partial charge in [-0.15, -0.1) is 0 Å². The Balaban J connectivity index is 3.35. The van der Waals surface area contributed by atoms with Crippen molar-refractivity contribution >= 4 is 5.97 Å². The molecule has 0 rings (SSSR count). The summed E-state index contributed by atoms with van der Waals surface area (Å²) in [6, 6.07) is 0. The van der Waals surface area contributed by atoms with Crippen LogP contribution in [0.1, 0.15) is 26.2 Å². The van der Waals surface area contributed by atoms with Crippen LogP contribution in [0.25, 0.3) is 0 Å². The van der Waals surface area contributed by atoms with Crippen LogP contribution in [0.4, 0.5) is 0 Å². The Morgan fingerprint density at radius 1 is 1.62 bits per heavy atom. The number of rotatable bonds is 7. The molecule has 74 valence electrons. The highest BCUT2D eigenvalue weighted by atomic mass is 16.5. The second-order valence-corrected chi connectivity index (χ2v) is 2.69. The van der Waals surface area contributed by atoms with Gasteiger partial charge in [0, 0.05) is 12.0 Å². The molecule has 0 aromatic carbocycles. The molecular weight excluding hydrogens is 168 g/mol. The van der Waals surface area contributed by atoms with E-state index in [-0.39, 0.29) is 5.57 Å². The summed E-state index contributed by atoms with van der Waals surface area (Å²) < 4.78 is 5.05. The van der Waals surface area contributed by atoms with Crippen molar-refractivity contribution in [1.82, 2.24) is 0 Å². The Bertz CT molecular complexity index is 194. The van der Waals surface area contributed by atoms with Gasteiger partial charge in [-0.1, -0.05) is 19.9 Å². The topological polar surface area (TPSA) is 46.5 Å². The molecule has 0 saturated carbocycles. The highest BCUT2D eigenvalue weighted by Crippen LogP contribution is 1.98. The molecule has 3 nitrogen and oxygen atoms in total. The summed E-state index contributed by atoms with van der Waals surface area (Å²) >= 11 is 0. The van der Waals surface area contributed by atoms with Crippen molar-refractivity contribution in [3.8, 4) is 0 Å². The largest absolute Gasteiger partial charge is 0.501 e. The molecule has 0 unspecified atom stereocenters. The summed E-state index contributed by atoms with van der Waals surface area (Å²) in [7, 11) is 0. The molecule has 0 aliphatic rings. The molecule has 0 fully saturated rings. The van der Waals surface area contributed by atoms with Crippen LogP contribution >= 0.6 is 0 Å². The van der Waals surface area contributed by atoms with E-state index in [1.54, 1.807) is 6.26 Å². The van der Waals surface area contributed by atoms with Crippen LogP contribution in [0, 0.1) is 0 Å². The van der Waals surface area contributed by atoms with Crippen molar-refractivity contribution in [3.63, 3.8) is 0 Å². The first kappa shape index (κ1) is 11.8. The zero-order chi connectivity index (χ0) is 10.1. The highest BCUT2D eigenvalue weighted by molar-refractivity contribution is 5.85. The Morgan fingerprint density at radius 3 is 2.85 bits per heavy atom. The Labute approximate surface area is 78.7 Å². The predicted molar refractivity (Wildman–Crippen MR) is 51.4 cm³/mol. The van der Waals surface area contributed by atoms with E-state index < -0.39 is 5.97 Å². The van der Waals surface area contributed by atoms with E-state index in [9.17, 15) is 4.79 Å². The molecule has 0 aromatic rings. The van der Waals surface area contributed by atoms with E-state index in [0.29, 0.717) is 13.0 Å². The van der Waals surface area contributed by atoms with Gasteiger partial charge in [-0.3, -0.25) is 0 Å². The van der Waals surface area contributed by atoms with Crippen molar-refractivity contribution < 1.29 is 14.6 Å². The molecule has 1 N–H and O–H groups in total. The molecule has 0 bridgehead atoms. The molecule has 0 radical (unpaired) electrons. The van der Waals surface area contributed by atoms with Gasteiger partial charge in [0.25, 0.3) is 0 Å². The monoisotopic (exact) mass is 184 g/mol. The second kappa shape index (κ2) is 7.40. The number of ether oxygens (including phenoxy) is 1. The fraction of sp³-hybridized carbons (Fsp3) is 0.500. The number of unbranched alkanes of at least 4 members (excludes halogenated alkanes) is 1. The summed E-state index contributed by atoms with van der Waals surface area (Å²) in [5.74, 6) is -0.957. The van der Waals surface area contributed by atoms with Gasteiger partial charge in [-0.25, -0.2) is 4.79 Å². The first-order chi connectivity index (χ1) is 6.18. The zero-order valence-corrected chi connectivity index (χ0v) is 7.95. The van der Waals surface area contributed by atoms with E-state index in [2.05, 4.69) is 13.5 Å². The van der Waals surface area contributed by atoms with Crippen LogP contribution < -0.4 is 0 Å². The van der Waals surface area contributed by atoms with Gasteiger partial charge >= 0.3 is 5.97 Å². The minimum Gasteiger partial charge on any atom is -0.501 e. The lowest BCUT2D eigenvalue weighted by molar-refractivity contribution is -0.132. The maximum atomic E-state index is 10.3. The van der Waals surface area contributed by atoms with E-state index in [1.165, 1.54) is 0 Å². The number of allylic oxidation sites excluding steroid dienone is 1. The Kier molecular flexibility index (Phi) is 6.69. The number of carbonyl (C=O) groups is 1. The van der Waals surface area contributed by atoms with E-state index in [4.69, 9.17) is 9.84 Å². The smallest absolute Gasteiger partial charge is 0.331 e. The van der Waals surface area contributed by atoms with Gasteiger partial charge in [0.2, 0.25) is 0 Å². The SMILES string of the molecule is C=C(CCOC=CCCC)C(=O)O. The minimum absolute atomic E-state index is 0.184. The van der Waals surface area contributed by atoms with Gasteiger partial charge in [-0.05, 0) is 12.5 Å². The van der Waals surface area contributed by atoms with Crippen LogP contribution in [0.15, 0.2) is 24.5 Å². The lowest BCUT2D eigenvalue weighted by Crippen LogP contribution is -2.01. The van der Waals surface area contributed by atoms with Gasteiger partial charge < -0.3 is 9.84 Å². The lowest BCUT2D eigenvalue weighted by Gasteiger charge is -1.99. The normalized spacial score (nSPS) is 10.2. The molecule has 0 heterocycles. The van der Waals surface area contributed by atoms with Gasteiger partial charge in [0.1, 0.15) is 0 Å². The van der Waals surface area contributed by atoms with Gasteiger partial charge in [0.05, 0.1) is 12.9 Å². The quantitative estimate of drug-likeness (QED) is 0.375. The van der Waals surface area contributed by atoms with E-state index in [0.717, 1.165) is 12.8 Å². The Morgan fingerprint density at radius 2 is 2.31 bits per heavy atom. The average Bonchev–Trinajstić information content (AvgIpc) is 2.10. The Hall–Kier alpha value is -1.25. The van der Waals surface area contributed by atoms with Gasteiger partial charge in [0.15, 0.2) is 0 Å². The molecule has 3 heteroatoms. The summed E-state index contributed by atoms with van der Waals surface area (Å²) in [6.45, 7) is 5.84. The van der Waals surface area contributed by atoms with Gasteiger partial charge in [-0.2, -0.15) is 0 Å². The lowest BCUT2D eigenvalue weighted by atomic mass is 10.2. The molecule has 0 atom stereocenters. The molecule has 0 aromatic heterocycles. The van der Waals surface area contributed by atoms with Crippen molar-refractivity contribution in [2.75, 3.05) is 6.61 Å². The molecule has 13 heavy (non-hydrogen) atoms. The minimum atomic E-state index is -0.957. The fourth-order valence-corrected chi connectivity index (χ4v) is 0.660. The molecule has 0 amide bonds. The summed E-state index contributed by atoms with van der Waals surface area (Å²) in [5, 5.41) is 8.45. The average molecular weight is 184 g/mol. The number of carboxylic acids is 1. The van der Waals surface area contributed by atoms with Crippen molar-refractivity contribution in [2.24, 2.45) is 0 Å². The van der Waals surface area contributed by atoms with Crippen LogP contribution in [0.5, 0.6) is 0 Å². The molecule has 0 aliphatic carbocycles. The molecular formula is C10H16O3. The number of aliphatic carboxylic acids is 1. The van der Waals surface area contributed by atoms with Crippen molar-refractivity contribution in [3.05, 3.63) is 24.5 Å². The fourth-order valence-electron chi connectivity index (χ4n) is 0.660. The zero-order valence-electron chi connectivity index (χ0n) is 7.95. The first-order valence-corrected chi connectivity index (χ1v) is 4.36. The van der Waals surface area contributed by atoms with Crippen molar-refractivity contribution in [2.45, 2.75) is 26.2 Å². The number of carboxylic acid groups (broad SMARTS) is 1. The molecule has 0 saturated heterocycles. The van der Waals surface area contributed by atoms with Crippen LogP contribution in [-0.2, 0) is 9.53 Å². The van der Waals surface area contributed by atoms with Crippen LogP contribution in [0.3, 0.4) is 0 Å². The third kappa shape index (κ3) is 7.12. The number of hydrogen-bond acceptors (Lipinski definition) is 2. The summed E-state index contributed by atoms with van der Waals surface area (Å²) in [6.07, 6.45) is 5.97. The predicted octanol–water partition coefficient (Wildman–Crippen LogP) is 2.35. The second-order valence-electron chi connectivity index (χ2n) is 2.69. The van der Waals surface area contributed by atoms with E-state index >= 15 is 0 Å². The standard InChI is InChI=1S/C10H16O3/c1-3-4-5-7-13-8-6-9(2)10(11)12/h5,7H,2-4,6,8H2,1H3,(H,11,12). The maximum absolute atomic E-state index is 10.3. The van der Waals surface area contributed by atoms with Crippen LogP contribution in [0.2, 0.25) is 0 Å². The third-order valence-corrected chi connectivity index (χ3v) is 1.47. The summed E-state index contributed by atoms with van der Waals surface area (Å²) in [5.41, 5.74) is 0.184. The van der Waals surface area contributed by atoms with E-state index in [1.807, 2.05) is 6.08 Å². The number of hydrogen-bond donors (Lipinski definition) is 1. The molecule has 0 aliphatic heterocycles. The highest BCUT2D eigenvalue weighted by Gasteiger charge is 2.01. The first-order valence-electron chi connectivity index (χ1n) is 4.36. The summed E-state index contributed by atoms with van der Waals surface area (Å²) in [4.78, 5) is 10.3. The third-order valence-electron chi connectivity index (χ3n) is 1.47. The maximum Gasteiger partial charge on any atom is 0.331 e. The van der Waals surface area contributed by atoms with Crippen LogP contribution in [-0.4, -0.2) is 17.7 Å².